The van der Waals surface area contributed by atoms with Gasteiger partial charge in [-0.3, -0.25) is 19.3 Å². The van der Waals surface area contributed by atoms with E-state index < -0.39 is 17.3 Å². The van der Waals surface area contributed by atoms with Gasteiger partial charge in [-0.2, -0.15) is 0 Å². The van der Waals surface area contributed by atoms with Crippen LogP contribution in [0.3, 0.4) is 0 Å². The van der Waals surface area contributed by atoms with Gasteiger partial charge in [-0.25, -0.2) is 4.98 Å². The highest BCUT2D eigenvalue weighted by Crippen LogP contribution is 2.39. The summed E-state index contributed by atoms with van der Waals surface area (Å²) in [6.07, 6.45) is 2.43. The van der Waals surface area contributed by atoms with Crippen molar-refractivity contribution in [2.24, 2.45) is 5.41 Å². The lowest BCUT2D eigenvalue weighted by Crippen LogP contribution is -2.47. The number of hydrogen-bond donors (Lipinski definition) is 1. The fourth-order valence-corrected chi connectivity index (χ4v) is 4.96. The normalized spacial score (nSPS) is 16.7. The SMILES string of the molecule is CCN(C(=O)[C@H]1C[C@H](C)N(C(=O)c2ccc(OCCC(C)(C)C(=O)O)cc2)c2ncccc21)c1ccc(Cl)cc1. The molecule has 9 heteroatoms. The number of anilines is 2. The van der Waals surface area contributed by atoms with E-state index in [1.54, 1.807) is 72.3 Å². The van der Waals surface area contributed by atoms with Gasteiger partial charge in [-0.15, -0.1) is 0 Å². The smallest absolute Gasteiger partial charge is 0.309 e. The Hall–Kier alpha value is -3.91. The third-order valence-corrected chi connectivity index (χ3v) is 7.60. The number of carboxylic acids is 1. The Bertz CT molecular complexity index is 1370. The van der Waals surface area contributed by atoms with Crippen LogP contribution < -0.4 is 14.5 Å². The molecule has 0 spiro atoms. The average Bonchev–Trinajstić information content (AvgIpc) is 2.94. The molecule has 1 aliphatic rings. The minimum absolute atomic E-state index is 0.0504. The molecule has 8 nitrogen and oxygen atoms in total. The molecular weight excluding hydrogens is 530 g/mol. The van der Waals surface area contributed by atoms with Crippen LogP contribution in [0, 0.1) is 5.41 Å². The van der Waals surface area contributed by atoms with Crippen LogP contribution in [0.25, 0.3) is 0 Å². The van der Waals surface area contributed by atoms with Crippen LogP contribution in [0.2, 0.25) is 5.02 Å². The minimum Gasteiger partial charge on any atom is -0.494 e. The highest BCUT2D eigenvalue weighted by molar-refractivity contribution is 6.30. The van der Waals surface area contributed by atoms with Gasteiger partial charge in [0.25, 0.3) is 5.91 Å². The molecule has 2 aromatic carbocycles. The number of carbonyl (C=O) groups is 3. The van der Waals surface area contributed by atoms with Crippen molar-refractivity contribution >= 4 is 40.9 Å². The molecule has 0 radical (unpaired) electrons. The Balaban J connectivity index is 1.53. The van der Waals surface area contributed by atoms with Gasteiger partial charge in [-0.05, 0) is 95.1 Å². The molecule has 4 rings (SSSR count). The number of carbonyl (C=O) groups excluding carboxylic acids is 2. The first kappa shape index (κ1) is 29.1. The first-order valence-electron chi connectivity index (χ1n) is 13.3. The maximum atomic E-state index is 13.8. The van der Waals surface area contributed by atoms with Crippen molar-refractivity contribution < 1.29 is 24.2 Å². The molecule has 1 aliphatic heterocycles. The van der Waals surface area contributed by atoms with E-state index in [1.165, 1.54) is 0 Å². The van der Waals surface area contributed by atoms with Gasteiger partial charge in [0.15, 0.2) is 0 Å². The lowest BCUT2D eigenvalue weighted by Gasteiger charge is -2.39. The summed E-state index contributed by atoms with van der Waals surface area (Å²) in [4.78, 5) is 46.7. The predicted molar refractivity (Wildman–Crippen MR) is 155 cm³/mol. The minimum atomic E-state index is -0.886. The van der Waals surface area contributed by atoms with Crippen molar-refractivity contribution in [3.8, 4) is 5.75 Å². The lowest BCUT2D eigenvalue weighted by molar-refractivity contribution is -0.147. The van der Waals surface area contributed by atoms with Gasteiger partial charge in [0, 0.05) is 40.6 Å². The second-order valence-corrected chi connectivity index (χ2v) is 11.0. The summed E-state index contributed by atoms with van der Waals surface area (Å²) in [7, 11) is 0. The summed E-state index contributed by atoms with van der Waals surface area (Å²) < 4.78 is 5.72. The summed E-state index contributed by atoms with van der Waals surface area (Å²) in [5, 5.41) is 9.87. The van der Waals surface area contributed by atoms with Crippen molar-refractivity contribution in [2.45, 2.75) is 52.5 Å². The number of ether oxygens (including phenoxy) is 1. The van der Waals surface area contributed by atoms with E-state index in [1.807, 2.05) is 32.0 Å². The third-order valence-electron chi connectivity index (χ3n) is 7.35. The Morgan fingerprint density at radius 2 is 1.77 bits per heavy atom. The molecule has 40 heavy (non-hydrogen) atoms. The van der Waals surface area contributed by atoms with E-state index >= 15 is 0 Å². The number of nitrogens with zero attached hydrogens (tertiary/aromatic N) is 3. The molecule has 2 atom stereocenters. The summed E-state index contributed by atoms with van der Waals surface area (Å²) >= 11 is 6.05. The monoisotopic (exact) mass is 563 g/mol. The van der Waals surface area contributed by atoms with E-state index in [2.05, 4.69) is 4.98 Å². The molecule has 2 heterocycles. The maximum Gasteiger partial charge on any atom is 0.309 e. The molecule has 0 unspecified atom stereocenters. The summed E-state index contributed by atoms with van der Waals surface area (Å²) in [6, 6.07) is 17.3. The average molecular weight is 564 g/mol. The molecule has 0 bridgehead atoms. The number of likely N-dealkylation sites (N-methyl/N-ethyl adjacent to an activating group) is 1. The number of hydrogen-bond acceptors (Lipinski definition) is 5. The number of aromatic nitrogens is 1. The second-order valence-electron chi connectivity index (χ2n) is 10.6. The fraction of sp³-hybridized carbons (Fsp3) is 0.355. The Labute approximate surface area is 239 Å². The van der Waals surface area contributed by atoms with Crippen LogP contribution in [0.1, 0.15) is 62.4 Å². The standard InChI is InChI=1S/C31H34ClN3O5/c1-5-34(23-12-10-22(32)11-13-23)29(37)26-19-20(2)35(27-25(26)7-6-17-33-27)28(36)21-8-14-24(15-9-21)40-18-16-31(3,4)30(38)39/h6-15,17,20,26H,5,16,18-19H2,1-4H3,(H,38,39)/t20-,26-/m0/s1. The van der Waals surface area contributed by atoms with Gasteiger partial charge in [0.2, 0.25) is 5.91 Å². The summed E-state index contributed by atoms with van der Waals surface area (Å²) in [5.74, 6) is -0.571. The molecule has 0 aliphatic carbocycles. The zero-order valence-electron chi connectivity index (χ0n) is 23.1. The summed E-state index contributed by atoms with van der Waals surface area (Å²) in [5.41, 5.74) is 1.06. The molecule has 3 aromatic rings. The largest absolute Gasteiger partial charge is 0.494 e. The van der Waals surface area contributed by atoms with Crippen LogP contribution in [0.15, 0.2) is 66.9 Å². The predicted octanol–water partition coefficient (Wildman–Crippen LogP) is 6.19. The molecule has 210 valence electrons. The van der Waals surface area contributed by atoms with Crippen molar-refractivity contribution in [2.75, 3.05) is 23.0 Å². The Morgan fingerprint density at radius 1 is 1.10 bits per heavy atom. The Morgan fingerprint density at radius 3 is 2.40 bits per heavy atom. The summed E-state index contributed by atoms with van der Waals surface area (Å²) in [6.45, 7) is 7.90. The number of benzene rings is 2. The van der Waals surface area contributed by atoms with Crippen LogP contribution in [-0.4, -0.2) is 47.1 Å². The topological polar surface area (TPSA) is 100 Å². The van der Waals surface area contributed by atoms with E-state index in [0.717, 1.165) is 5.69 Å². The second kappa shape index (κ2) is 12.1. The van der Waals surface area contributed by atoms with E-state index in [4.69, 9.17) is 16.3 Å². The van der Waals surface area contributed by atoms with Crippen molar-refractivity contribution in [3.05, 3.63) is 83.0 Å². The van der Waals surface area contributed by atoms with E-state index in [9.17, 15) is 19.5 Å². The highest BCUT2D eigenvalue weighted by Gasteiger charge is 2.39. The number of pyridine rings is 1. The van der Waals surface area contributed by atoms with E-state index in [0.29, 0.717) is 47.1 Å². The van der Waals surface area contributed by atoms with Crippen molar-refractivity contribution in [1.29, 1.82) is 0 Å². The van der Waals surface area contributed by atoms with Crippen LogP contribution >= 0.6 is 11.6 Å². The van der Waals surface area contributed by atoms with Gasteiger partial charge in [0.1, 0.15) is 11.6 Å². The molecular formula is C31H34ClN3O5. The lowest BCUT2D eigenvalue weighted by atomic mass is 9.86. The van der Waals surface area contributed by atoms with Crippen LogP contribution in [0.4, 0.5) is 11.5 Å². The van der Waals surface area contributed by atoms with Crippen LogP contribution in [-0.2, 0) is 9.59 Å². The molecule has 2 amide bonds. The number of halogens is 1. The number of fused-ring (bicyclic) bond motifs is 1. The fourth-order valence-electron chi connectivity index (χ4n) is 4.83. The van der Waals surface area contributed by atoms with E-state index in [-0.39, 0.29) is 24.5 Å². The maximum absolute atomic E-state index is 13.8. The number of amides is 2. The van der Waals surface area contributed by atoms with Crippen molar-refractivity contribution in [1.82, 2.24) is 4.98 Å². The number of rotatable bonds is 9. The van der Waals surface area contributed by atoms with Gasteiger partial charge in [0.05, 0.1) is 17.9 Å². The van der Waals surface area contributed by atoms with Gasteiger partial charge >= 0.3 is 5.97 Å². The molecule has 0 saturated carbocycles. The molecule has 0 fully saturated rings. The molecule has 0 saturated heterocycles. The quantitative estimate of drug-likeness (QED) is 0.333. The first-order valence-corrected chi connectivity index (χ1v) is 13.7. The first-order chi connectivity index (χ1) is 19.0. The molecule has 1 aromatic heterocycles. The van der Waals surface area contributed by atoms with Crippen LogP contribution in [0.5, 0.6) is 5.75 Å². The van der Waals surface area contributed by atoms with Gasteiger partial charge in [-0.1, -0.05) is 17.7 Å². The number of carboxylic acid groups (broad SMARTS) is 1. The number of aliphatic carboxylic acids is 1. The zero-order valence-corrected chi connectivity index (χ0v) is 23.9. The Kier molecular flexibility index (Phi) is 8.79. The van der Waals surface area contributed by atoms with Gasteiger partial charge < -0.3 is 14.7 Å². The molecule has 1 N–H and O–H groups in total. The zero-order chi connectivity index (χ0) is 29.0. The highest BCUT2D eigenvalue weighted by atomic mass is 35.5. The third kappa shape index (κ3) is 6.12. The van der Waals surface area contributed by atoms with Crippen molar-refractivity contribution in [3.63, 3.8) is 0 Å².